The summed E-state index contributed by atoms with van der Waals surface area (Å²) >= 11 is 1.54. The summed E-state index contributed by atoms with van der Waals surface area (Å²) in [4.78, 5) is 15.0. The molecular weight excluding hydrogens is 318 g/mol. The van der Waals surface area contributed by atoms with Crippen molar-refractivity contribution < 1.29 is 13.2 Å². The van der Waals surface area contributed by atoms with Gasteiger partial charge in [0.1, 0.15) is 0 Å². The number of hydrogen-bond donors (Lipinski definition) is 0. The van der Waals surface area contributed by atoms with Crippen LogP contribution in [0.1, 0.15) is 24.0 Å². The van der Waals surface area contributed by atoms with Crippen LogP contribution in [-0.2, 0) is 27.5 Å². The van der Waals surface area contributed by atoms with Gasteiger partial charge in [-0.2, -0.15) is 0 Å². The summed E-state index contributed by atoms with van der Waals surface area (Å²) in [6, 6.07) is 6.29. The molecule has 0 spiro atoms. The summed E-state index contributed by atoms with van der Waals surface area (Å²) in [7, 11) is -1.23. The Labute approximate surface area is 136 Å². The van der Waals surface area contributed by atoms with E-state index in [-0.39, 0.29) is 23.5 Å². The van der Waals surface area contributed by atoms with Crippen molar-refractivity contribution in [2.24, 2.45) is 0 Å². The van der Waals surface area contributed by atoms with E-state index in [2.05, 4.69) is 18.2 Å². The van der Waals surface area contributed by atoms with E-state index in [0.29, 0.717) is 12.2 Å². The highest BCUT2D eigenvalue weighted by Crippen LogP contribution is 2.28. The molecule has 22 heavy (non-hydrogen) atoms. The minimum Gasteiger partial charge on any atom is -0.341 e. The molecule has 1 fully saturated rings. The zero-order valence-corrected chi connectivity index (χ0v) is 14.4. The van der Waals surface area contributed by atoms with E-state index in [1.807, 2.05) is 0 Å². The maximum absolute atomic E-state index is 12.3. The Morgan fingerprint density at radius 2 is 2.09 bits per heavy atom. The lowest BCUT2D eigenvalue weighted by molar-refractivity contribution is -0.128. The van der Waals surface area contributed by atoms with E-state index in [0.717, 1.165) is 17.7 Å². The number of nitrogens with zero attached hydrogens (tertiary/aromatic N) is 1. The number of amides is 1. The second kappa shape index (κ2) is 6.24. The van der Waals surface area contributed by atoms with Crippen LogP contribution >= 0.6 is 11.8 Å². The first kappa shape index (κ1) is 15.9. The molecule has 2 aliphatic rings. The van der Waals surface area contributed by atoms with Crippen molar-refractivity contribution in [1.82, 2.24) is 4.90 Å². The third-order valence-electron chi connectivity index (χ3n) is 4.58. The second-order valence-corrected chi connectivity index (χ2v) is 9.41. The van der Waals surface area contributed by atoms with E-state index < -0.39 is 9.84 Å². The number of carbonyl (C=O) groups is 1. The lowest BCUT2D eigenvalue weighted by atomic mass is 10.1. The molecule has 1 aliphatic carbocycles. The molecule has 4 nitrogen and oxygen atoms in total. The van der Waals surface area contributed by atoms with Crippen molar-refractivity contribution in [2.75, 3.05) is 24.3 Å². The molecular formula is C16H21NO3S2. The molecule has 1 heterocycles. The van der Waals surface area contributed by atoms with Gasteiger partial charge < -0.3 is 4.90 Å². The highest BCUT2D eigenvalue weighted by Gasteiger charge is 2.32. The number of fused-ring (bicyclic) bond motifs is 1. The van der Waals surface area contributed by atoms with Gasteiger partial charge >= 0.3 is 0 Å². The van der Waals surface area contributed by atoms with Crippen molar-refractivity contribution in [3.8, 4) is 0 Å². The molecule has 1 saturated heterocycles. The van der Waals surface area contributed by atoms with Crippen molar-refractivity contribution >= 4 is 27.5 Å². The van der Waals surface area contributed by atoms with Crippen LogP contribution in [0.3, 0.4) is 0 Å². The van der Waals surface area contributed by atoms with Crippen LogP contribution in [0.15, 0.2) is 23.1 Å². The third-order valence-corrected chi connectivity index (χ3v) is 7.31. The first-order valence-electron chi connectivity index (χ1n) is 7.65. The number of benzene rings is 1. The molecule has 1 aromatic rings. The molecule has 0 radical (unpaired) electrons. The van der Waals surface area contributed by atoms with E-state index in [1.165, 1.54) is 17.5 Å². The van der Waals surface area contributed by atoms with Gasteiger partial charge in [-0.3, -0.25) is 4.79 Å². The van der Waals surface area contributed by atoms with Crippen LogP contribution in [0, 0.1) is 0 Å². The van der Waals surface area contributed by atoms with Crippen LogP contribution in [0.2, 0.25) is 0 Å². The minimum absolute atomic E-state index is 0.00704. The van der Waals surface area contributed by atoms with E-state index in [4.69, 9.17) is 0 Å². The van der Waals surface area contributed by atoms with Gasteiger partial charge in [-0.25, -0.2) is 8.42 Å². The quantitative estimate of drug-likeness (QED) is 0.787. The number of sulfone groups is 1. The molecule has 1 unspecified atom stereocenters. The van der Waals surface area contributed by atoms with E-state index >= 15 is 0 Å². The van der Waals surface area contributed by atoms with Gasteiger partial charge in [0.05, 0.1) is 17.3 Å². The van der Waals surface area contributed by atoms with E-state index in [1.54, 1.807) is 23.7 Å². The van der Waals surface area contributed by atoms with Crippen molar-refractivity contribution in [3.05, 3.63) is 29.3 Å². The Balaban J connectivity index is 1.56. The first-order chi connectivity index (χ1) is 10.4. The summed E-state index contributed by atoms with van der Waals surface area (Å²) in [5, 5.41) is 0. The number of rotatable bonds is 4. The summed E-state index contributed by atoms with van der Waals surface area (Å²) in [5.41, 5.74) is 2.84. The van der Waals surface area contributed by atoms with Gasteiger partial charge in [-0.1, -0.05) is 6.07 Å². The average molecular weight is 339 g/mol. The Bertz CT molecular complexity index is 685. The predicted molar refractivity (Wildman–Crippen MR) is 89.0 cm³/mol. The number of carbonyl (C=O) groups excluding carboxylic acids is 1. The largest absolute Gasteiger partial charge is 0.341 e. The normalized spacial score (nSPS) is 22.5. The molecule has 1 atom stereocenters. The Hall–Kier alpha value is -1.01. The fraction of sp³-hybridized carbons (Fsp3) is 0.562. The SMILES string of the molecule is CN(C(=O)CSc1ccc2c(c1)CCC2)C1CCS(=O)(=O)C1. The van der Waals surface area contributed by atoms with Crippen LogP contribution in [0.25, 0.3) is 0 Å². The smallest absolute Gasteiger partial charge is 0.232 e. The lowest BCUT2D eigenvalue weighted by Crippen LogP contribution is -2.38. The maximum Gasteiger partial charge on any atom is 0.232 e. The molecule has 0 saturated carbocycles. The fourth-order valence-corrected chi connectivity index (χ4v) is 5.83. The van der Waals surface area contributed by atoms with Crippen LogP contribution in [0.4, 0.5) is 0 Å². The fourth-order valence-electron chi connectivity index (χ4n) is 3.17. The first-order valence-corrected chi connectivity index (χ1v) is 10.5. The van der Waals surface area contributed by atoms with Crippen molar-refractivity contribution in [2.45, 2.75) is 36.6 Å². The summed E-state index contributed by atoms with van der Waals surface area (Å²) < 4.78 is 23.0. The lowest BCUT2D eigenvalue weighted by Gasteiger charge is -2.23. The average Bonchev–Trinajstić information content (AvgIpc) is 3.09. The molecule has 0 N–H and O–H groups in total. The Morgan fingerprint density at radius 1 is 1.32 bits per heavy atom. The summed E-state index contributed by atoms with van der Waals surface area (Å²) in [6.45, 7) is 0. The highest BCUT2D eigenvalue weighted by molar-refractivity contribution is 8.00. The van der Waals surface area contributed by atoms with Gasteiger partial charge in [-0.15, -0.1) is 11.8 Å². The monoisotopic (exact) mass is 339 g/mol. The van der Waals surface area contributed by atoms with Gasteiger partial charge in [0.15, 0.2) is 9.84 Å². The molecule has 0 aromatic heterocycles. The molecule has 1 aliphatic heterocycles. The number of hydrogen-bond acceptors (Lipinski definition) is 4. The Kier molecular flexibility index (Phi) is 4.50. The zero-order valence-electron chi connectivity index (χ0n) is 12.7. The summed E-state index contributed by atoms with van der Waals surface area (Å²) in [5.74, 6) is 0.685. The topological polar surface area (TPSA) is 54.5 Å². The maximum atomic E-state index is 12.3. The van der Waals surface area contributed by atoms with Gasteiger partial charge in [0, 0.05) is 18.0 Å². The third kappa shape index (κ3) is 3.49. The number of aryl methyl sites for hydroxylation is 2. The highest BCUT2D eigenvalue weighted by atomic mass is 32.2. The zero-order chi connectivity index (χ0) is 15.7. The molecule has 0 bridgehead atoms. The molecule has 6 heteroatoms. The second-order valence-electron chi connectivity index (χ2n) is 6.13. The van der Waals surface area contributed by atoms with Crippen molar-refractivity contribution in [3.63, 3.8) is 0 Å². The van der Waals surface area contributed by atoms with Gasteiger partial charge in [-0.05, 0) is 48.9 Å². The van der Waals surface area contributed by atoms with Crippen LogP contribution in [-0.4, -0.2) is 49.6 Å². The predicted octanol–water partition coefficient (Wildman–Crippen LogP) is 1.91. The molecule has 3 rings (SSSR count). The Morgan fingerprint density at radius 3 is 2.82 bits per heavy atom. The molecule has 120 valence electrons. The van der Waals surface area contributed by atoms with Gasteiger partial charge in [0.25, 0.3) is 0 Å². The van der Waals surface area contributed by atoms with Crippen molar-refractivity contribution in [1.29, 1.82) is 0 Å². The molecule has 1 amide bonds. The standard InChI is InChI=1S/C16H21NO3S2/c1-17(14-7-8-22(19,20)11-14)16(18)10-21-15-6-5-12-3-2-4-13(12)9-15/h5-6,9,14H,2-4,7-8,10-11H2,1H3. The summed E-state index contributed by atoms with van der Waals surface area (Å²) in [6.07, 6.45) is 4.09. The number of thioether (sulfide) groups is 1. The van der Waals surface area contributed by atoms with Gasteiger partial charge in [0.2, 0.25) is 5.91 Å². The van der Waals surface area contributed by atoms with E-state index in [9.17, 15) is 13.2 Å². The molecule has 1 aromatic carbocycles. The van der Waals surface area contributed by atoms with Crippen LogP contribution < -0.4 is 0 Å². The minimum atomic E-state index is -2.95. The van der Waals surface area contributed by atoms with Crippen LogP contribution in [0.5, 0.6) is 0 Å².